The molecule has 0 bridgehead atoms. The van der Waals surface area contributed by atoms with Crippen molar-refractivity contribution in [2.75, 3.05) is 0 Å². The highest BCUT2D eigenvalue weighted by atomic mass is 16.4. The molecule has 80 valence electrons. The average molecular weight is 204 g/mol. The lowest BCUT2D eigenvalue weighted by atomic mass is 10.1. The van der Waals surface area contributed by atoms with Gasteiger partial charge in [0.2, 0.25) is 5.91 Å². The summed E-state index contributed by atoms with van der Waals surface area (Å²) >= 11 is 0. The van der Waals surface area contributed by atoms with Crippen LogP contribution >= 0.6 is 0 Å². The Hall–Kier alpha value is -1.83. The van der Waals surface area contributed by atoms with Crippen molar-refractivity contribution in [2.45, 2.75) is 18.9 Å². The quantitative estimate of drug-likeness (QED) is 0.314. The molecule has 0 unspecified atom stereocenters. The molecule has 7 N–H and O–H groups in total. The van der Waals surface area contributed by atoms with E-state index in [1.54, 1.807) is 0 Å². The van der Waals surface area contributed by atoms with Gasteiger partial charge in [0.25, 0.3) is 0 Å². The van der Waals surface area contributed by atoms with Crippen molar-refractivity contribution in [3.05, 3.63) is 0 Å². The van der Waals surface area contributed by atoms with Crippen LogP contribution in [0.2, 0.25) is 0 Å². The van der Waals surface area contributed by atoms with Crippen LogP contribution in [0.25, 0.3) is 0 Å². The van der Waals surface area contributed by atoms with Crippen LogP contribution in [0.4, 0.5) is 4.79 Å². The number of nitrogens with two attached hydrogens (primary N) is 2. The van der Waals surface area contributed by atoms with E-state index in [2.05, 4.69) is 5.43 Å². The van der Waals surface area contributed by atoms with E-state index in [0.29, 0.717) is 0 Å². The van der Waals surface area contributed by atoms with Gasteiger partial charge in [0, 0.05) is 6.42 Å². The summed E-state index contributed by atoms with van der Waals surface area (Å²) in [5, 5.41) is 8.59. The number of urea groups is 1. The second-order valence-electron chi connectivity index (χ2n) is 2.53. The van der Waals surface area contributed by atoms with Crippen LogP contribution in [0.15, 0.2) is 0 Å². The molecule has 0 fully saturated rings. The van der Waals surface area contributed by atoms with Crippen molar-refractivity contribution in [2.24, 2.45) is 11.5 Å². The van der Waals surface area contributed by atoms with Gasteiger partial charge in [-0.15, -0.1) is 0 Å². The molecule has 3 amide bonds. The molecule has 8 heteroatoms. The van der Waals surface area contributed by atoms with E-state index in [0.717, 1.165) is 0 Å². The maximum absolute atomic E-state index is 10.5. The van der Waals surface area contributed by atoms with E-state index < -0.39 is 23.9 Å². The average Bonchev–Trinajstić information content (AvgIpc) is 2.02. The molecule has 0 saturated heterocycles. The fourth-order valence-electron chi connectivity index (χ4n) is 0.702. The van der Waals surface area contributed by atoms with Crippen LogP contribution in [-0.4, -0.2) is 29.1 Å². The van der Waals surface area contributed by atoms with Crippen molar-refractivity contribution in [1.82, 2.24) is 10.9 Å². The third-order valence-corrected chi connectivity index (χ3v) is 1.35. The van der Waals surface area contributed by atoms with E-state index in [1.165, 1.54) is 0 Å². The van der Waals surface area contributed by atoms with Gasteiger partial charge in [0.1, 0.15) is 6.04 Å². The zero-order valence-electron chi connectivity index (χ0n) is 7.32. The Morgan fingerprint density at radius 3 is 2.21 bits per heavy atom. The Morgan fingerprint density at radius 1 is 1.29 bits per heavy atom. The highest BCUT2D eigenvalue weighted by Crippen LogP contribution is 1.95. The summed E-state index contributed by atoms with van der Waals surface area (Å²) in [6, 6.07) is -2.00. The Balaban J connectivity index is 3.96. The van der Waals surface area contributed by atoms with E-state index in [9.17, 15) is 14.4 Å². The summed E-state index contributed by atoms with van der Waals surface area (Å²) in [5.74, 6) is -1.82. The number of hydrogen-bond acceptors (Lipinski definition) is 4. The maximum atomic E-state index is 10.5. The lowest BCUT2D eigenvalue weighted by Gasteiger charge is -2.12. The molecule has 14 heavy (non-hydrogen) atoms. The van der Waals surface area contributed by atoms with Crippen molar-refractivity contribution in [3.63, 3.8) is 0 Å². The van der Waals surface area contributed by atoms with Crippen LogP contribution in [0, 0.1) is 0 Å². The van der Waals surface area contributed by atoms with Crippen molar-refractivity contribution in [1.29, 1.82) is 0 Å². The molecule has 0 spiro atoms. The first kappa shape index (κ1) is 12.2. The Labute approximate surface area is 79.6 Å². The number of carboxylic acid groups (broad SMARTS) is 1. The number of amides is 3. The van der Waals surface area contributed by atoms with Crippen LogP contribution < -0.4 is 22.3 Å². The lowest BCUT2D eigenvalue weighted by molar-refractivity contribution is -0.139. The number of rotatable bonds is 6. The van der Waals surface area contributed by atoms with Gasteiger partial charge in [-0.05, 0) is 6.42 Å². The highest BCUT2D eigenvalue weighted by Gasteiger charge is 2.17. The molecule has 0 radical (unpaired) electrons. The molecule has 0 aromatic carbocycles. The molecule has 1 atom stereocenters. The standard InChI is InChI=1S/C6H12N4O4/c7-4(11)2-1-3(5(12)13)9-10-6(8)14/h3,9H,1-2H2,(H2,7,11)(H,12,13)(H3,8,10,14)/t3-/m0/s1. The topological polar surface area (TPSA) is 148 Å². The van der Waals surface area contributed by atoms with Crippen LogP contribution in [-0.2, 0) is 9.59 Å². The summed E-state index contributed by atoms with van der Waals surface area (Å²) in [6.07, 6.45) is -0.116. The number of hydrogen-bond donors (Lipinski definition) is 5. The van der Waals surface area contributed by atoms with Gasteiger partial charge in [-0.2, -0.15) is 0 Å². The monoisotopic (exact) mass is 204 g/mol. The Morgan fingerprint density at radius 2 is 1.86 bits per heavy atom. The van der Waals surface area contributed by atoms with Crippen molar-refractivity contribution < 1.29 is 19.5 Å². The molecule has 0 saturated carbocycles. The number of hydrazine groups is 1. The summed E-state index contributed by atoms with van der Waals surface area (Å²) in [6.45, 7) is 0. The number of primary amides is 2. The van der Waals surface area contributed by atoms with Crippen molar-refractivity contribution in [3.8, 4) is 0 Å². The van der Waals surface area contributed by atoms with E-state index >= 15 is 0 Å². The van der Waals surface area contributed by atoms with Gasteiger partial charge in [-0.25, -0.2) is 10.2 Å². The molecule has 0 rings (SSSR count). The maximum Gasteiger partial charge on any atom is 0.326 e. The van der Waals surface area contributed by atoms with Gasteiger partial charge in [-0.1, -0.05) is 0 Å². The van der Waals surface area contributed by atoms with Gasteiger partial charge in [-0.3, -0.25) is 15.0 Å². The molecule has 0 aliphatic rings. The predicted molar refractivity (Wildman–Crippen MR) is 45.7 cm³/mol. The molecular formula is C6H12N4O4. The number of carboxylic acids is 1. The Bertz CT molecular complexity index is 224. The summed E-state index contributed by atoms with van der Waals surface area (Å²) in [4.78, 5) is 31.1. The second-order valence-corrected chi connectivity index (χ2v) is 2.53. The van der Waals surface area contributed by atoms with Gasteiger partial charge in [0.05, 0.1) is 0 Å². The molecule has 0 aromatic rings. The molecule has 0 heterocycles. The number of carbonyl (C=O) groups excluding carboxylic acids is 2. The zero-order chi connectivity index (χ0) is 11.1. The van der Waals surface area contributed by atoms with Gasteiger partial charge >= 0.3 is 12.0 Å². The van der Waals surface area contributed by atoms with E-state index in [-0.39, 0.29) is 12.8 Å². The first-order valence-corrected chi connectivity index (χ1v) is 3.75. The third-order valence-electron chi connectivity index (χ3n) is 1.35. The molecule has 8 nitrogen and oxygen atoms in total. The summed E-state index contributed by atoms with van der Waals surface area (Å²) in [7, 11) is 0. The SMILES string of the molecule is NC(=O)CC[C@H](NNC(N)=O)C(=O)O. The third kappa shape index (κ3) is 5.77. The molecular weight excluding hydrogens is 192 g/mol. The number of aliphatic carboxylic acids is 1. The highest BCUT2D eigenvalue weighted by molar-refractivity contribution is 5.78. The van der Waals surface area contributed by atoms with Crippen LogP contribution in [0.3, 0.4) is 0 Å². The van der Waals surface area contributed by atoms with Gasteiger partial charge < -0.3 is 16.6 Å². The molecule has 0 aliphatic carbocycles. The second kappa shape index (κ2) is 5.75. The first-order valence-electron chi connectivity index (χ1n) is 3.75. The Kier molecular flexibility index (Phi) is 5.00. The normalized spacial score (nSPS) is 11.7. The van der Waals surface area contributed by atoms with Crippen LogP contribution in [0.5, 0.6) is 0 Å². The number of carbonyl (C=O) groups is 3. The van der Waals surface area contributed by atoms with Crippen LogP contribution in [0.1, 0.15) is 12.8 Å². The first-order chi connectivity index (χ1) is 6.43. The van der Waals surface area contributed by atoms with Gasteiger partial charge in [0.15, 0.2) is 0 Å². The predicted octanol–water partition coefficient (Wildman–Crippen LogP) is -2.12. The smallest absolute Gasteiger partial charge is 0.326 e. The van der Waals surface area contributed by atoms with E-state index in [1.807, 2.05) is 5.43 Å². The lowest BCUT2D eigenvalue weighted by Crippen LogP contribution is -2.50. The largest absolute Gasteiger partial charge is 0.480 e. The fourth-order valence-corrected chi connectivity index (χ4v) is 0.702. The molecule has 0 aromatic heterocycles. The minimum atomic E-state index is -1.21. The fraction of sp³-hybridized carbons (Fsp3) is 0.500. The minimum Gasteiger partial charge on any atom is -0.480 e. The summed E-state index contributed by atoms with van der Waals surface area (Å²) in [5.41, 5.74) is 13.6. The number of nitrogens with one attached hydrogen (secondary N) is 2. The van der Waals surface area contributed by atoms with Crippen molar-refractivity contribution >= 4 is 17.9 Å². The molecule has 0 aliphatic heterocycles. The minimum absolute atomic E-state index is 0.0229. The van der Waals surface area contributed by atoms with E-state index in [4.69, 9.17) is 16.6 Å². The summed E-state index contributed by atoms with van der Waals surface area (Å²) < 4.78 is 0. The zero-order valence-corrected chi connectivity index (χ0v) is 7.32.